The number of carbonyl (C=O) groups excluding carboxylic acids is 1. The van der Waals surface area contributed by atoms with Crippen molar-refractivity contribution in [3.63, 3.8) is 0 Å². The monoisotopic (exact) mass is 580 g/mol. The molecule has 1 saturated carbocycles. The molecule has 0 aromatic heterocycles. The Labute approximate surface area is 247 Å². The molecular weight excluding hydrogens is 540 g/mol. The van der Waals surface area contributed by atoms with Gasteiger partial charge in [-0.25, -0.2) is 0 Å². The van der Waals surface area contributed by atoms with Crippen LogP contribution in [-0.4, -0.2) is 59.8 Å². The summed E-state index contributed by atoms with van der Waals surface area (Å²) >= 11 is 6.32. The molecule has 2 aromatic rings. The first-order valence-corrected chi connectivity index (χ1v) is 15.3. The van der Waals surface area contributed by atoms with Crippen LogP contribution in [-0.2, 0) is 22.6 Å². The molecule has 0 spiro atoms. The van der Waals surface area contributed by atoms with E-state index >= 15 is 0 Å². The van der Waals surface area contributed by atoms with Crippen LogP contribution >= 0.6 is 11.6 Å². The van der Waals surface area contributed by atoms with Crippen LogP contribution in [0.25, 0.3) is 0 Å². The highest BCUT2D eigenvalue weighted by molar-refractivity contribution is 6.30. The van der Waals surface area contributed by atoms with Gasteiger partial charge in [0.1, 0.15) is 12.4 Å². The van der Waals surface area contributed by atoms with Crippen molar-refractivity contribution >= 4 is 29.2 Å². The van der Waals surface area contributed by atoms with E-state index in [0.717, 1.165) is 72.8 Å². The molecule has 5 rings (SSSR count). The Morgan fingerprint density at radius 3 is 2.73 bits per heavy atom. The summed E-state index contributed by atoms with van der Waals surface area (Å²) in [5.74, 6) is -0.177. The summed E-state index contributed by atoms with van der Waals surface area (Å²) in [4.78, 5) is 29.1. The summed E-state index contributed by atoms with van der Waals surface area (Å²) < 4.78 is 6.47. The Morgan fingerprint density at radius 1 is 1.10 bits per heavy atom. The topological polar surface area (TPSA) is 90.3 Å². The zero-order chi connectivity index (χ0) is 28.9. The number of ether oxygens (including phenoxy) is 1. The summed E-state index contributed by atoms with van der Waals surface area (Å²) in [7, 11) is 1.76. The van der Waals surface area contributed by atoms with Gasteiger partial charge in [-0.05, 0) is 91.3 Å². The van der Waals surface area contributed by atoms with E-state index in [1.54, 1.807) is 11.9 Å². The average molecular weight is 581 g/mol. The number of rotatable bonds is 2. The molecule has 2 heterocycles. The lowest BCUT2D eigenvalue weighted by Gasteiger charge is -2.42. The number of carboxylic acid groups (broad SMARTS) is 1. The van der Waals surface area contributed by atoms with Gasteiger partial charge in [-0.3, -0.25) is 9.59 Å². The Hall–Kier alpha value is -3.03. The zero-order valence-corrected chi connectivity index (χ0v) is 24.6. The maximum Gasteiger partial charge on any atom is 0.303 e. The van der Waals surface area contributed by atoms with Gasteiger partial charge in [0.25, 0.3) is 0 Å². The number of aryl methyl sites for hydroxylation is 1. The number of nitrogens with zero attached hydrogens (tertiary/aromatic N) is 2. The van der Waals surface area contributed by atoms with Gasteiger partial charge in [-0.15, -0.1) is 0 Å². The van der Waals surface area contributed by atoms with Crippen molar-refractivity contribution in [1.29, 1.82) is 0 Å². The van der Waals surface area contributed by atoms with Gasteiger partial charge in [-0.2, -0.15) is 0 Å². The van der Waals surface area contributed by atoms with Crippen LogP contribution in [0, 0.1) is 11.8 Å². The fourth-order valence-corrected chi connectivity index (χ4v) is 6.61. The number of hydrogen-bond acceptors (Lipinski definition) is 5. The fraction of sp³-hybridized carbons (Fsp3) is 0.515. The second-order valence-corrected chi connectivity index (χ2v) is 12.3. The number of anilines is 1. The first kappa shape index (κ1) is 29.5. The Bertz CT molecular complexity index is 1280. The number of hydrogen-bond donors (Lipinski definition) is 2. The summed E-state index contributed by atoms with van der Waals surface area (Å²) in [5.41, 5.74) is 4.08. The van der Waals surface area contributed by atoms with Gasteiger partial charge in [0.15, 0.2) is 0 Å². The van der Waals surface area contributed by atoms with E-state index in [9.17, 15) is 19.8 Å². The number of aliphatic carboxylic acids is 1. The molecule has 0 unspecified atom stereocenters. The summed E-state index contributed by atoms with van der Waals surface area (Å²) in [6, 6.07) is 11.9. The minimum Gasteiger partial charge on any atom is -0.487 e. The van der Waals surface area contributed by atoms with Gasteiger partial charge in [0, 0.05) is 44.0 Å². The summed E-state index contributed by atoms with van der Waals surface area (Å²) in [6.07, 6.45) is 8.93. The number of carboxylic acids is 1. The number of carbonyl (C=O) groups is 2. The molecule has 3 aliphatic rings. The molecule has 1 fully saturated rings. The number of fused-ring (bicyclic) bond motifs is 3. The van der Waals surface area contributed by atoms with Crippen molar-refractivity contribution in [3.05, 3.63) is 70.3 Å². The van der Waals surface area contributed by atoms with Gasteiger partial charge < -0.3 is 24.7 Å². The Morgan fingerprint density at radius 2 is 1.95 bits per heavy atom. The standard InChI is InChI=1S/C33H41ClN2O5/c1-35-14-4-3-7-30(37)28-12-9-24(28)20-36-15-5-2-6-22-16-27(34)11-8-25(22)21-41-31-13-10-23(17-29(31)36)26(18-32(35)38)19-33(39)40/h3,7-8,10-11,13,16-17,24,26,28,30,37H,2,4-6,9,12,14-15,18-21H2,1H3,(H,39,40)/b7-3+/t24-,26-,28+,30-/m0/s1. The second kappa shape index (κ2) is 13.3. The van der Waals surface area contributed by atoms with E-state index in [1.165, 1.54) is 5.56 Å². The second-order valence-electron chi connectivity index (χ2n) is 11.9. The molecular formula is C33H41ClN2O5. The van der Waals surface area contributed by atoms with Crippen LogP contribution in [0.3, 0.4) is 0 Å². The SMILES string of the molecule is CN1CC/C=C/[C@H](O)[C@@H]2CC[C@H]2CN2CCCCc3cc(Cl)ccc3COc3ccc(cc32)[C@H](CC(=O)O)CC1=O. The van der Waals surface area contributed by atoms with Crippen LogP contribution in [0.5, 0.6) is 5.75 Å². The van der Waals surface area contributed by atoms with E-state index in [4.69, 9.17) is 16.3 Å². The molecule has 8 heteroatoms. The maximum absolute atomic E-state index is 13.1. The molecule has 2 aliphatic heterocycles. The highest BCUT2D eigenvalue weighted by atomic mass is 35.5. The smallest absolute Gasteiger partial charge is 0.303 e. The molecule has 1 amide bonds. The third-order valence-electron chi connectivity index (χ3n) is 9.07. The van der Waals surface area contributed by atoms with Crippen molar-refractivity contribution in [2.24, 2.45) is 11.8 Å². The van der Waals surface area contributed by atoms with Crippen molar-refractivity contribution in [2.75, 3.05) is 31.6 Å². The number of benzene rings is 2. The van der Waals surface area contributed by atoms with Crippen LogP contribution in [0.2, 0.25) is 5.02 Å². The predicted molar refractivity (Wildman–Crippen MR) is 161 cm³/mol. The Kier molecular flexibility index (Phi) is 9.56. The maximum atomic E-state index is 13.1. The highest BCUT2D eigenvalue weighted by Crippen LogP contribution is 2.42. The molecule has 2 N–H and O–H groups in total. The Balaban J connectivity index is 1.54. The van der Waals surface area contributed by atoms with E-state index in [2.05, 4.69) is 4.90 Å². The quantitative estimate of drug-likeness (QED) is 0.435. The predicted octanol–water partition coefficient (Wildman–Crippen LogP) is 5.82. The van der Waals surface area contributed by atoms with Crippen molar-refractivity contribution < 1.29 is 24.5 Å². The lowest BCUT2D eigenvalue weighted by atomic mass is 9.70. The molecule has 7 nitrogen and oxygen atoms in total. The summed E-state index contributed by atoms with van der Waals surface area (Å²) in [5, 5.41) is 21.4. The third kappa shape index (κ3) is 7.25. The lowest BCUT2D eigenvalue weighted by Crippen LogP contribution is -2.43. The molecule has 2 bridgehead atoms. The highest BCUT2D eigenvalue weighted by Gasteiger charge is 2.37. The van der Waals surface area contributed by atoms with Crippen LogP contribution < -0.4 is 9.64 Å². The van der Waals surface area contributed by atoms with Gasteiger partial charge >= 0.3 is 5.97 Å². The lowest BCUT2D eigenvalue weighted by molar-refractivity contribution is -0.137. The summed E-state index contributed by atoms with van der Waals surface area (Å²) in [6.45, 7) is 2.54. The normalized spacial score (nSPS) is 26.5. The van der Waals surface area contributed by atoms with Gasteiger partial charge in [0.05, 0.1) is 18.2 Å². The van der Waals surface area contributed by atoms with Crippen molar-refractivity contribution in [3.8, 4) is 5.75 Å². The van der Waals surface area contributed by atoms with E-state index in [0.29, 0.717) is 25.5 Å². The van der Waals surface area contributed by atoms with Crippen molar-refractivity contribution in [1.82, 2.24) is 4.90 Å². The molecule has 220 valence electrons. The molecule has 2 aromatic carbocycles. The molecule has 4 atom stereocenters. The van der Waals surface area contributed by atoms with E-state index in [1.807, 2.05) is 48.6 Å². The third-order valence-corrected chi connectivity index (χ3v) is 9.31. The number of halogens is 1. The first-order valence-electron chi connectivity index (χ1n) is 14.9. The van der Waals surface area contributed by atoms with Gasteiger partial charge in [-0.1, -0.05) is 35.9 Å². The van der Waals surface area contributed by atoms with Gasteiger partial charge in [0.2, 0.25) is 5.91 Å². The first-order chi connectivity index (χ1) is 19.8. The number of amides is 1. The molecule has 0 saturated heterocycles. The van der Waals surface area contributed by atoms with E-state index < -0.39 is 18.0 Å². The zero-order valence-electron chi connectivity index (χ0n) is 23.8. The van der Waals surface area contributed by atoms with Crippen LogP contribution in [0.15, 0.2) is 48.6 Å². The molecule has 0 radical (unpaired) electrons. The van der Waals surface area contributed by atoms with Crippen LogP contribution in [0.4, 0.5) is 5.69 Å². The van der Waals surface area contributed by atoms with Crippen LogP contribution in [0.1, 0.15) is 67.6 Å². The fourth-order valence-electron chi connectivity index (χ4n) is 6.42. The van der Waals surface area contributed by atoms with Crippen molar-refractivity contribution in [2.45, 2.75) is 70.0 Å². The van der Waals surface area contributed by atoms with E-state index in [-0.39, 0.29) is 24.7 Å². The number of aliphatic hydroxyl groups is 1. The average Bonchev–Trinajstić information content (AvgIpc) is 2.95. The minimum absolute atomic E-state index is 0.0868. The number of aliphatic hydroxyl groups excluding tert-OH is 1. The molecule has 1 aliphatic carbocycles. The molecule has 41 heavy (non-hydrogen) atoms. The largest absolute Gasteiger partial charge is 0.487 e. The minimum atomic E-state index is -0.922.